The summed E-state index contributed by atoms with van der Waals surface area (Å²) >= 11 is 0. The number of nitrogens with one attached hydrogen (secondary N) is 2. The molecule has 0 fully saturated rings. The normalized spacial score (nSPS) is 12.8. The van der Waals surface area contributed by atoms with Gasteiger partial charge >= 0.3 is 5.97 Å². The second kappa shape index (κ2) is 5.91. The lowest BCUT2D eigenvalue weighted by Crippen LogP contribution is -2.14. The number of aromatic nitrogens is 1. The fourth-order valence-electron chi connectivity index (χ4n) is 3.23. The summed E-state index contributed by atoms with van der Waals surface area (Å²) < 4.78 is 4.77. The first-order valence-electron chi connectivity index (χ1n) is 7.72. The molecule has 0 aliphatic heterocycles. The van der Waals surface area contributed by atoms with E-state index in [-0.39, 0.29) is 5.91 Å². The van der Waals surface area contributed by atoms with E-state index < -0.39 is 5.97 Å². The predicted octanol–water partition coefficient (Wildman–Crippen LogP) is 3.16. The van der Waals surface area contributed by atoms with E-state index in [1.807, 2.05) is 12.1 Å². The summed E-state index contributed by atoms with van der Waals surface area (Å²) in [6.45, 7) is 3.50. The summed E-state index contributed by atoms with van der Waals surface area (Å²) in [5, 5.41) is 2.90. The molecule has 1 aliphatic carbocycles. The Hall–Kier alpha value is -2.56. The van der Waals surface area contributed by atoms with Crippen LogP contribution in [0.15, 0.2) is 18.2 Å². The van der Waals surface area contributed by atoms with E-state index in [0.29, 0.717) is 22.5 Å². The van der Waals surface area contributed by atoms with Crippen molar-refractivity contribution in [1.29, 1.82) is 0 Å². The van der Waals surface area contributed by atoms with Crippen molar-refractivity contribution in [1.82, 2.24) is 4.98 Å². The van der Waals surface area contributed by atoms with E-state index >= 15 is 0 Å². The van der Waals surface area contributed by atoms with Crippen molar-refractivity contribution in [3.05, 3.63) is 51.8 Å². The van der Waals surface area contributed by atoms with Gasteiger partial charge in [-0.3, -0.25) is 4.79 Å². The average molecular weight is 312 g/mol. The number of anilines is 1. The lowest BCUT2D eigenvalue weighted by atomic mass is 10.1. The number of hydrogen-bond donors (Lipinski definition) is 2. The average Bonchev–Trinajstić information content (AvgIpc) is 3.10. The SMILES string of the molecule is COC(=O)c1c(C)[nH]c(C(=O)Nc2ccc3c(c2)CCC3)c1C. The van der Waals surface area contributed by atoms with Crippen LogP contribution in [-0.4, -0.2) is 24.0 Å². The molecular formula is C18H20N2O3. The minimum Gasteiger partial charge on any atom is -0.465 e. The largest absolute Gasteiger partial charge is 0.465 e. The number of carbonyl (C=O) groups is 2. The molecule has 0 bridgehead atoms. The third-order valence-electron chi connectivity index (χ3n) is 4.41. The lowest BCUT2D eigenvalue weighted by Gasteiger charge is -2.07. The highest BCUT2D eigenvalue weighted by Gasteiger charge is 2.22. The van der Waals surface area contributed by atoms with Crippen LogP contribution in [0.5, 0.6) is 0 Å². The Morgan fingerprint density at radius 2 is 1.91 bits per heavy atom. The van der Waals surface area contributed by atoms with Gasteiger partial charge in [-0.25, -0.2) is 4.79 Å². The number of hydrogen-bond acceptors (Lipinski definition) is 3. The summed E-state index contributed by atoms with van der Waals surface area (Å²) in [6, 6.07) is 6.03. The molecule has 1 aromatic carbocycles. The van der Waals surface area contributed by atoms with Crippen molar-refractivity contribution in [2.24, 2.45) is 0 Å². The zero-order valence-corrected chi connectivity index (χ0v) is 13.6. The van der Waals surface area contributed by atoms with Gasteiger partial charge in [0.1, 0.15) is 5.69 Å². The molecule has 1 heterocycles. The number of amides is 1. The first-order valence-corrected chi connectivity index (χ1v) is 7.72. The van der Waals surface area contributed by atoms with Gasteiger partial charge in [-0.05, 0) is 61.9 Å². The highest BCUT2D eigenvalue weighted by molar-refractivity contribution is 6.06. The molecule has 1 aromatic heterocycles. The molecule has 2 aromatic rings. The highest BCUT2D eigenvalue weighted by Crippen LogP contribution is 2.26. The van der Waals surface area contributed by atoms with Crippen molar-refractivity contribution < 1.29 is 14.3 Å². The fourth-order valence-corrected chi connectivity index (χ4v) is 3.23. The zero-order valence-electron chi connectivity index (χ0n) is 13.6. The van der Waals surface area contributed by atoms with Crippen molar-refractivity contribution in [2.75, 3.05) is 12.4 Å². The van der Waals surface area contributed by atoms with Crippen LogP contribution in [0.3, 0.4) is 0 Å². The van der Waals surface area contributed by atoms with Crippen LogP contribution in [-0.2, 0) is 17.6 Å². The number of aryl methyl sites for hydroxylation is 3. The Kier molecular flexibility index (Phi) is 3.94. The second-order valence-corrected chi connectivity index (χ2v) is 5.91. The van der Waals surface area contributed by atoms with Crippen LogP contribution in [0.1, 0.15) is 49.7 Å². The maximum atomic E-state index is 12.5. The molecule has 2 N–H and O–H groups in total. The quantitative estimate of drug-likeness (QED) is 0.855. The third kappa shape index (κ3) is 2.74. The first-order chi connectivity index (χ1) is 11.0. The van der Waals surface area contributed by atoms with Crippen LogP contribution in [0.2, 0.25) is 0 Å². The maximum Gasteiger partial charge on any atom is 0.339 e. The van der Waals surface area contributed by atoms with Gasteiger partial charge in [0, 0.05) is 11.4 Å². The van der Waals surface area contributed by atoms with Crippen LogP contribution in [0.25, 0.3) is 0 Å². The first kappa shape index (κ1) is 15.3. The number of ether oxygens (including phenoxy) is 1. The molecule has 3 rings (SSSR count). The van der Waals surface area contributed by atoms with Crippen molar-refractivity contribution in [2.45, 2.75) is 33.1 Å². The molecule has 23 heavy (non-hydrogen) atoms. The summed E-state index contributed by atoms with van der Waals surface area (Å²) in [6.07, 6.45) is 3.34. The molecule has 0 radical (unpaired) electrons. The fraction of sp³-hybridized carbons (Fsp3) is 0.333. The Morgan fingerprint density at radius 3 is 2.65 bits per heavy atom. The van der Waals surface area contributed by atoms with Gasteiger partial charge in [-0.2, -0.15) is 0 Å². The second-order valence-electron chi connectivity index (χ2n) is 5.91. The predicted molar refractivity (Wildman–Crippen MR) is 88.0 cm³/mol. The molecule has 1 amide bonds. The van der Waals surface area contributed by atoms with E-state index in [2.05, 4.69) is 16.4 Å². The summed E-state index contributed by atoms with van der Waals surface area (Å²) in [5.74, 6) is -0.688. The molecule has 5 nitrogen and oxygen atoms in total. The maximum absolute atomic E-state index is 12.5. The molecule has 5 heteroatoms. The van der Waals surface area contributed by atoms with Crippen molar-refractivity contribution >= 4 is 17.6 Å². The van der Waals surface area contributed by atoms with E-state index in [1.54, 1.807) is 13.8 Å². The van der Waals surface area contributed by atoms with Crippen LogP contribution in [0, 0.1) is 13.8 Å². The Bertz CT molecular complexity index is 790. The molecular weight excluding hydrogens is 292 g/mol. The van der Waals surface area contributed by atoms with Crippen molar-refractivity contribution in [3.8, 4) is 0 Å². The highest BCUT2D eigenvalue weighted by atomic mass is 16.5. The molecule has 0 spiro atoms. The van der Waals surface area contributed by atoms with E-state index in [9.17, 15) is 9.59 Å². The summed E-state index contributed by atoms with van der Waals surface area (Å²) in [4.78, 5) is 27.3. The van der Waals surface area contributed by atoms with Gasteiger partial charge < -0.3 is 15.0 Å². The van der Waals surface area contributed by atoms with Crippen LogP contribution >= 0.6 is 0 Å². The number of methoxy groups -OCH3 is 1. The molecule has 0 saturated carbocycles. The van der Waals surface area contributed by atoms with Gasteiger partial charge in [0.2, 0.25) is 0 Å². The van der Waals surface area contributed by atoms with E-state index in [0.717, 1.165) is 18.5 Å². The number of esters is 1. The van der Waals surface area contributed by atoms with Crippen LogP contribution < -0.4 is 5.32 Å². The third-order valence-corrected chi connectivity index (χ3v) is 4.41. The number of carbonyl (C=O) groups excluding carboxylic acids is 2. The Morgan fingerprint density at radius 1 is 1.17 bits per heavy atom. The molecule has 0 saturated heterocycles. The van der Waals surface area contributed by atoms with Gasteiger partial charge in [-0.15, -0.1) is 0 Å². The minimum atomic E-state index is -0.437. The number of fused-ring (bicyclic) bond motifs is 1. The summed E-state index contributed by atoms with van der Waals surface area (Å²) in [7, 11) is 1.33. The lowest BCUT2D eigenvalue weighted by molar-refractivity contribution is 0.0599. The van der Waals surface area contributed by atoms with Crippen LogP contribution in [0.4, 0.5) is 5.69 Å². The van der Waals surface area contributed by atoms with Gasteiger partial charge in [0.25, 0.3) is 5.91 Å². The van der Waals surface area contributed by atoms with Crippen molar-refractivity contribution in [3.63, 3.8) is 0 Å². The molecule has 0 unspecified atom stereocenters. The van der Waals surface area contributed by atoms with Gasteiger partial charge in [0.05, 0.1) is 12.7 Å². The molecule has 120 valence electrons. The number of aromatic amines is 1. The number of benzene rings is 1. The topological polar surface area (TPSA) is 71.2 Å². The molecule has 0 atom stereocenters. The summed E-state index contributed by atoms with van der Waals surface area (Å²) in [5.41, 5.74) is 5.50. The zero-order chi connectivity index (χ0) is 16.6. The Balaban J connectivity index is 1.85. The standard InChI is InChI=1S/C18H20N2O3/c1-10-15(18(22)23-3)11(2)19-16(10)17(21)20-14-8-7-12-5-4-6-13(12)9-14/h7-9,19H,4-6H2,1-3H3,(H,20,21). The number of rotatable bonds is 3. The van der Waals surface area contributed by atoms with E-state index in [1.165, 1.54) is 24.7 Å². The number of H-pyrrole nitrogens is 1. The van der Waals surface area contributed by atoms with E-state index in [4.69, 9.17) is 4.74 Å². The van der Waals surface area contributed by atoms with Gasteiger partial charge in [0.15, 0.2) is 0 Å². The minimum absolute atomic E-state index is 0.251. The molecule has 1 aliphatic rings. The monoisotopic (exact) mass is 312 g/mol. The smallest absolute Gasteiger partial charge is 0.339 e. The Labute approximate surface area is 135 Å². The van der Waals surface area contributed by atoms with Gasteiger partial charge in [-0.1, -0.05) is 6.07 Å².